The average molecular weight is 334 g/mol. The number of aryl methyl sites for hydroxylation is 1. The Balaban J connectivity index is 1.78. The van der Waals surface area contributed by atoms with Crippen LogP contribution in [0.1, 0.15) is 11.1 Å². The second-order valence-corrected chi connectivity index (χ2v) is 5.64. The molecule has 2 aromatic carbocycles. The maximum absolute atomic E-state index is 11.8. The standard InChI is InChI=1S/C16H16ClN3OS/c1-11-3-2-4-14(9-11)18-16(22)20-19-15(21)10-12-5-7-13(17)8-6-12/h2-9H,10H2,1H3,(H,19,21)(H2,18,20,22). The first kappa shape index (κ1) is 16.3. The topological polar surface area (TPSA) is 53.2 Å². The van der Waals surface area contributed by atoms with Gasteiger partial charge in [0, 0.05) is 10.7 Å². The summed E-state index contributed by atoms with van der Waals surface area (Å²) < 4.78 is 0. The number of halogens is 1. The maximum Gasteiger partial charge on any atom is 0.242 e. The van der Waals surface area contributed by atoms with Gasteiger partial charge in [-0.25, -0.2) is 0 Å². The Labute approximate surface area is 139 Å². The van der Waals surface area contributed by atoms with E-state index in [4.69, 9.17) is 23.8 Å². The minimum atomic E-state index is -0.185. The van der Waals surface area contributed by atoms with Crippen molar-refractivity contribution in [2.45, 2.75) is 13.3 Å². The van der Waals surface area contributed by atoms with E-state index < -0.39 is 0 Å². The lowest BCUT2D eigenvalue weighted by atomic mass is 10.1. The molecule has 0 aliphatic heterocycles. The highest BCUT2D eigenvalue weighted by molar-refractivity contribution is 7.80. The van der Waals surface area contributed by atoms with Crippen molar-refractivity contribution in [1.82, 2.24) is 10.9 Å². The van der Waals surface area contributed by atoms with E-state index in [1.807, 2.05) is 43.3 Å². The number of benzene rings is 2. The van der Waals surface area contributed by atoms with Gasteiger partial charge in [-0.05, 0) is 54.5 Å². The van der Waals surface area contributed by atoms with Crippen LogP contribution in [0.2, 0.25) is 5.02 Å². The molecule has 2 rings (SSSR count). The van der Waals surface area contributed by atoms with Crippen LogP contribution >= 0.6 is 23.8 Å². The van der Waals surface area contributed by atoms with Gasteiger partial charge < -0.3 is 5.32 Å². The quantitative estimate of drug-likeness (QED) is 0.596. The van der Waals surface area contributed by atoms with E-state index in [1.54, 1.807) is 12.1 Å². The zero-order chi connectivity index (χ0) is 15.9. The summed E-state index contributed by atoms with van der Waals surface area (Å²) >= 11 is 10.9. The van der Waals surface area contributed by atoms with Gasteiger partial charge in [0.05, 0.1) is 6.42 Å². The van der Waals surface area contributed by atoms with Gasteiger partial charge >= 0.3 is 0 Å². The largest absolute Gasteiger partial charge is 0.331 e. The Bertz CT molecular complexity index is 673. The van der Waals surface area contributed by atoms with Gasteiger partial charge in [-0.15, -0.1) is 0 Å². The molecule has 0 bridgehead atoms. The molecule has 0 atom stereocenters. The summed E-state index contributed by atoms with van der Waals surface area (Å²) in [4.78, 5) is 11.8. The second-order valence-electron chi connectivity index (χ2n) is 4.80. The van der Waals surface area contributed by atoms with Crippen LogP contribution < -0.4 is 16.2 Å². The van der Waals surface area contributed by atoms with E-state index in [0.717, 1.165) is 16.8 Å². The molecule has 4 nitrogen and oxygen atoms in total. The number of rotatable bonds is 3. The van der Waals surface area contributed by atoms with Gasteiger partial charge in [0.15, 0.2) is 5.11 Å². The summed E-state index contributed by atoms with van der Waals surface area (Å²) in [6.07, 6.45) is 0.247. The molecule has 0 saturated heterocycles. The molecule has 0 saturated carbocycles. The molecule has 1 amide bonds. The minimum Gasteiger partial charge on any atom is -0.331 e. The lowest BCUT2D eigenvalue weighted by molar-refractivity contribution is -0.120. The van der Waals surface area contributed by atoms with E-state index in [0.29, 0.717) is 10.1 Å². The van der Waals surface area contributed by atoms with Crippen molar-refractivity contribution in [1.29, 1.82) is 0 Å². The summed E-state index contributed by atoms with van der Waals surface area (Å²) in [5, 5.41) is 3.97. The minimum absolute atomic E-state index is 0.185. The molecule has 2 aromatic rings. The predicted octanol–water partition coefficient (Wildman–Crippen LogP) is 3.21. The average Bonchev–Trinajstić information content (AvgIpc) is 2.48. The molecule has 3 N–H and O–H groups in total. The third kappa shape index (κ3) is 5.35. The van der Waals surface area contributed by atoms with Crippen molar-refractivity contribution in [2.24, 2.45) is 0 Å². The summed E-state index contributed by atoms with van der Waals surface area (Å²) in [5.74, 6) is -0.185. The molecule has 0 aliphatic carbocycles. The fraction of sp³-hybridized carbons (Fsp3) is 0.125. The lowest BCUT2D eigenvalue weighted by Gasteiger charge is -2.12. The molecule has 0 heterocycles. The molecule has 0 radical (unpaired) electrons. The van der Waals surface area contributed by atoms with Crippen molar-refractivity contribution in [2.75, 3.05) is 5.32 Å². The van der Waals surface area contributed by atoms with Crippen LogP contribution in [0.5, 0.6) is 0 Å². The molecular formula is C16H16ClN3OS. The number of hydrazine groups is 1. The van der Waals surface area contributed by atoms with E-state index in [-0.39, 0.29) is 12.3 Å². The number of hydrogen-bond acceptors (Lipinski definition) is 2. The number of amides is 1. The van der Waals surface area contributed by atoms with Crippen LogP contribution in [0.25, 0.3) is 0 Å². The van der Waals surface area contributed by atoms with Crippen molar-refractivity contribution >= 4 is 40.5 Å². The number of hydrogen-bond donors (Lipinski definition) is 3. The third-order valence-corrected chi connectivity index (χ3v) is 3.33. The van der Waals surface area contributed by atoms with Crippen molar-refractivity contribution in [3.05, 3.63) is 64.7 Å². The first-order valence-corrected chi connectivity index (χ1v) is 7.48. The molecule has 0 aliphatic rings. The van der Waals surface area contributed by atoms with Gasteiger partial charge in [0.1, 0.15) is 0 Å². The summed E-state index contributed by atoms with van der Waals surface area (Å²) in [6, 6.07) is 14.9. The molecule has 22 heavy (non-hydrogen) atoms. The van der Waals surface area contributed by atoms with Crippen molar-refractivity contribution < 1.29 is 4.79 Å². The fourth-order valence-corrected chi connectivity index (χ4v) is 2.14. The highest BCUT2D eigenvalue weighted by atomic mass is 35.5. The van der Waals surface area contributed by atoms with Crippen molar-refractivity contribution in [3.63, 3.8) is 0 Å². The van der Waals surface area contributed by atoms with Crippen molar-refractivity contribution in [3.8, 4) is 0 Å². The first-order valence-electron chi connectivity index (χ1n) is 6.70. The van der Waals surface area contributed by atoms with Gasteiger partial charge in [0.2, 0.25) is 5.91 Å². The lowest BCUT2D eigenvalue weighted by Crippen LogP contribution is -2.44. The first-order chi connectivity index (χ1) is 10.5. The monoisotopic (exact) mass is 333 g/mol. The number of carbonyl (C=O) groups is 1. The molecule has 114 valence electrons. The zero-order valence-corrected chi connectivity index (χ0v) is 13.6. The van der Waals surface area contributed by atoms with E-state index in [9.17, 15) is 4.79 Å². The number of anilines is 1. The third-order valence-electron chi connectivity index (χ3n) is 2.87. The Morgan fingerprint density at radius 3 is 2.55 bits per heavy atom. The van der Waals surface area contributed by atoms with Crippen LogP contribution in [-0.2, 0) is 11.2 Å². The molecule has 0 aromatic heterocycles. The fourth-order valence-electron chi connectivity index (χ4n) is 1.84. The van der Waals surface area contributed by atoms with Gasteiger partial charge in [-0.3, -0.25) is 15.6 Å². The normalized spacial score (nSPS) is 9.91. The second kappa shape index (κ2) is 7.77. The highest BCUT2D eigenvalue weighted by Crippen LogP contribution is 2.10. The van der Waals surface area contributed by atoms with E-state index >= 15 is 0 Å². The molecule has 0 spiro atoms. The molecule has 0 unspecified atom stereocenters. The van der Waals surface area contributed by atoms with Gasteiger partial charge in [0.25, 0.3) is 0 Å². The van der Waals surface area contributed by atoms with E-state index in [2.05, 4.69) is 16.2 Å². The zero-order valence-electron chi connectivity index (χ0n) is 12.0. The highest BCUT2D eigenvalue weighted by Gasteiger charge is 2.04. The van der Waals surface area contributed by atoms with Crippen LogP contribution in [-0.4, -0.2) is 11.0 Å². The summed E-state index contributed by atoms with van der Waals surface area (Å²) in [6.45, 7) is 2.00. The Morgan fingerprint density at radius 1 is 1.14 bits per heavy atom. The predicted molar refractivity (Wildman–Crippen MR) is 93.8 cm³/mol. The van der Waals surface area contributed by atoms with Crippen LogP contribution in [0.3, 0.4) is 0 Å². The maximum atomic E-state index is 11.8. The van der Waals surface area contributed by atoms with E-state index in [1.165, 1.54) is 0 Å². The summed E-state index contributed by atoms with van der Waals surface area (Å²) in [7, 11) is 0. The number of carbonyl (C=O) groups excluding carboxylic acids is 1. The Kier molecular flexibility index (Phi) is 5.75. The summed E-state index contributed by atoms with van der Waals surface area (Å²) in [5.41, 5.74) is 8.10. The number of thiocarbonyl (C=S) groups is 1. The van der Waals surface area contributed by atoms with Crippen LogP contribution in [0, 0.1) is 6.92 Å². The smallest absolute Gasteiger partial charge is 0.242 e. The Morgan fingerprint density at radius 2 is 1.86 bits per heavy atom. The van der Waals surface area contributed by atoms with Crippen LogP contribution in [0.4, 0.5) is 5.69 Å². The molecular weight excluding hydrogens is 318 g/mol. The molecule has 0 fully saturated rings. The SMILES string of the molecule is Cc1cccc(NC(=S)NNC(=O)Cc2ccc(Cl)cc2)c1. The van der Waals surface area contributed by atoms with Crippen LogP contribution in [0.15, 0.2) is 48.5 Å². The molecule has 6 heteroatoms. The van der Waals surface area contributed by atoms with Gasteiger partial charge in [-0.2, -0.15) is 0 Å². The number of nitrogens with one attached hydrogen (secondary N) is 3. The van der Waals surface area contributed by atoms with Gasteiger partial charge in [-0.1, -0.05) is 35.9 Å². The Hall–Kier alpha value is -2.11.